The van der Waals surface area contributed by atoms with Crippen LogP contribution < -0.4 is 5.32 Å². The van der Waals surface area contributed by atoms with Gasteiger partial charge in [0.15, 0.2) is 0 Å². The second-order valence-electron chi connectivity index (χ2n) is 4.69. The molecule has 9 nitrogen and oxygen atoms in total. The summed E-state index contributed by atoms with van der Waals surface area (Å²) in [5.74, 6) is -5.84. The van der Waals surface area contributed by atoms with Crippen molar-refractivity contribution in [3.05, 3.63) is 47.0 Å². The van der Waals surface area contributed by atoms with E-state index < -0.39 is 46.2 Å². The third-order valence-corrected chi connectivity index (χ3v) is 3.06. The zero-order valence-electron chi connectivity index (χ0n) is 11.8. The SMILES string of the molecule is O=C(O)c1ccc(NC(=O)c2cc(O)cc(C(=O)O)c2O)cc1O. The standard InChI is InChI=1S/C15H11NO8/c17-7-4-9(12(19)10(5-7)15(23)24)13(20)16-6-1-2-8(14(21)22)11(18)3-6/h1-5,17-19H,(H,16,20)(H,21,22)(H,23,24). The maximum atomic E-state index is 12.1. The molecule has 124 valence electrons. The van der Waals surface area contributed by atoms with Crippen LogP contribution in [0.3, 0.4) is 0 Å². The lowest BCUT2D eigenvalue weighted by Crippen LogP contribution is -2.13. The van der Waals surface area contributed by atoms with Crippen molar-refractivity contribution in [2.75, 3.05) is 5.32 Å². The Morgan fingerprint density at radius 3 is 1.92 bits per heavy atom. The van der Waals surface area contributed by atoms with Gasteiger partial charge < -0.3 is 30.8 Å². The van der Waals surface area contributed by atoms with Crippen LogP contribution in [0.25, 0.3) is 0 Å². The van der Waals surface area contributed by atoms with Crippen LogP contribution >= 0.6 is 0 Å². The van der Waals surface area contributed by atoms with Gasteiger partial charge in [-0.2, -0.15) is 0 Å². The largest absolute Gasteiger partial charge is 0.508 e. The molecule has 6 N–H and O–H groups in total. The first-order valence-corrected chi connectivity index (χ1v) is 6.37. The molecule has 0 saturated heterocycles. The molecule has 24 heavy (non-hydrogen) atoms. The molecule has 0 aliphatic rings. The fraction of sp³-hybridized carbons (Fsp3) is 0. The van der Waals surface area contributed by atoms with E-state index >= 15 is 0 Å². The van der Waals surface area contributed by atoms with Gasteiger partial charge >= 0.3 is 11.9 Å². The first-order chi connectivity index (χ1) is 11.2. The Morgan fingerprint density at radius 2 is 1.38 bits per heavy atom. The first kappa shape index (κ1) is 16.6. The van der Waals surface area contributed by atoms with E-state index in [1.807, 2.05) is 0 Å². The number of benzene rings is 2. The molecule has 0 heterocycles. The fourth-order valence-corrected chi connectivity index (χ4v) is 1.94. The number of phenolic OH excluding ortho intramolecular Hbond substituents is 1. The summed E-state index contributed by atoms with van der Waals surface area (Å²) in [6.45, 7) is 0. The highest BCUT2D eigenvalue weighted by Gasteiger charge is 2.21. The summed E-state index contributed by atoms with van der Waals surface area (Å²) in [5.41, 5.74) is -1.54. The molecule has 0 radical (unpaired) electrons. The molecule has 2 rings (SSSR count). The van der Waals surface area contributed by atoms with Crippen LogP contribution in [0.2, 0.25) is 0 Å². The third kappa shape index (κ3) is 3.19. The highest BCUT2D eigenvalue weighted by atomic mass is 16.4. The second-order valence-corrected chi connectivity index (χ2v) is 4.69. The van der Waals surface area contributed by atoms with Gasteiger partial charge in [0.2, 0.25) is 0 Å². The number of amides is 1. The summed E-state index contributed by atoms with van der Waals surface area (Å²) in [4.78, 5) is 33.9. The quantitative estimate of drug-likeness (QED) is 0.457. The molecule has 1 amide bonds. The lowest BCUT2D eigenvalue weighted by Gasteiger charge is -2.10. The maximum Gasteiger partial charge on any atom is 0.339 e. The van der Waals surface area contributed by atoms with Gasteiger partial charge in [-0.05, 0) is 24.3 Å². The molecule has 2 aromatic rings. The third-order valence-electron chi connectivity index (χ3n) is 3.06. The average Bonchev–Trinajstić information content (AvgIpc) is 2.48. The summed E-state index contributed by atoms with van der Waals surface area (Å²) in [6.07, 6.45) is 0. The van der Waals surface area contributed by atoms with E-state index in [9.17, 15) is 29.7 Å². The van der Waals surface area contributed by atoms with E-state index in [2.05, 4.69) is 5.32 Å². The molecular weight excluding hydrogens is 322 g/mol. The summed E-state index contributed by atoms with van der Waals surface area (Å²) in [6, 6.07) is 4.86. The van der Waals surface area contributed by atoms with Crippen molar-refractivity contribution >= 4 is 23.5 Å². The lowest BCUT2D eigenvalue weighted by molar-refractivity contribution is 0.0682. The summed E-state index contributed by atoms with van der Waals surface area (Å²) < 4.78 is 0. The molecule has 0 aliphatic carbocycles. The number of carbonyl (C=O) groups is 3. The van der Waals surface area contributed by atoms with Gasteiger partial charge in [0.05, 0.1) is 5.56 Å². The molecule has 2 aromatic carbocycles. The van der Waals surface area contributed by atoms with Gasteiger partial charge in [0.25, 0.3) is 5.91 Å². The number of carboxylic acid groups (broad SMARTS) is 2. The highest BCUT2D eigenvalue weighted by molar-refractivity contribution is 6.09. The minimum Gasteiger partial charge on any atom is -0.508 e. The van der Waals surface area contributed by atoms with E-state index in [0.29, 0.717) is 0 Å². The van der Waals surface area contributed by atoms with Crippen LogP contribution in [-0.4, -0.2) is 43.4 Å². The second kappa shape index (κ2) is 6.16. The topological polar surface area (TPSA) is 164 Å². The van der Waals surface area contributed by atoms with E-state index in [4.69, 9.17) is 10.2 Å². The van der Waals surface area contributed by atoms with Gasteiger partial charge in [-0.25, -0.2) is 9.59 Å². The van der Waals surface area contributed by atoms with Crippen LogP contribution in [0.4, 0.5) is 5.69 Å². The summed E-state index contributed by atoms with van der Waals surface area (Å²) in [5, 5.41) is 48.8. The number of rotatable bonds is 4. The molecule has 0 saturated carbocycles. The molecular formula is C15H11NO8. The van der Waals surface area contributed by atoms with E-state index in [1.54, 1.807) is 0 Å². The fourth-order valence-electron chi connectivity index (χ4n) is 1.94. The van der Waals surface area contributed by atoms with Crippen LogP contribution in [-0.2, 0) is 0 Å². The molecule has 0 spiro atoms. The predicted octanol–water partition coefficient (Wildman–Crippen LogP) is 1.45. The molecule has 0 bridgehead atoms. The molecule has 0 unspecified atom stereocenters. The monoisotopic (exact) mass is 333 g/mol. The Kier molecular flexibility index (Phi) is 4.27. The van der Waals surface area contributed by atoms with Gasteiger partial charge in [-0.1, -0.05) is 0 Å². The van der Waals surface area contributed by atoms with Crippen molar-refractivity contribution < 1.29 is 39.9 Å². The zero-order chi connectivity index (χ0) is 18.0. The minimum absolute atomic E-state index is 0.00196. The van der Waals surface area contributed by atoms with Crippen molar-refractivity contribution in [3.63, 3.8) is 0 Å². The first-order valence-electron chi connectivity index (χ1n) is 6.37. The number of anilines is 1. The van der Waals surface area contributed by atoms with Crippen molar-refractivity contribution in [2.24, 2.45) is 0 Å². The maximum absolute atomic E-state index is 12.1. The lowest BCUT2D eigenvalue weighted by atomic mass is 10.1. The number of hydrogen-bond acceptors (Lipinski definition) is 6. The van der Waals surface area contributed by atoms with Crippen molar-refractivity contribution in [3.8, 4) is 17.2 Å². The van der Waals surface area contributed by atoms with Crippen LogP contribution in [0.5, 0.6) is 17.2 Å². The normalized spacial score (nSPS) is 10.2. The molecule has 0 aliphatic heterocycles. The Hall–Kier alpha value is -3.75. The number of hydrogen-bond donors (Lipinski definition) is 6. The molecule has 9 heteroatoms. The molecule has 0 aromatic heterocycles. The minimum atomic E-state index is -1.54. The van der Waals surface area contributed by atoms with Crippen LogP contribution in [0.15, 0.2) is 30.3 Å². The number of aromatic hydroxyl groups is 3. The van der Waals surface area contributed by atoms with Crippen molar-refractivity contribution in [1.29, 1.82) is 0 Å². The average molecular weight is 333 g/mol. The van der Waals surface area contributed by atoms with Crippen LogP contribution in [0, 0.1) is 0 Å². The molecule has 0 fully saturated rings. The number of carbonyl (C=O) groups excluding carboxylic acids is 1. The predicted molar refractivity (Wildman–Crippen MR) is 79.8 cm³/mol. The zero-order valence-corrected chi connectivity index (χ0v) is 11.8. The summed E-state index contributed by atoms with van der Waals surface area (Å²) >= 11 is 0. The van der Waals surface area contributed by atoms with E-state index in [1.165, 1.54) is 6.07 Å². The molecule has 0 atom stereocenters. The summed E-state index contributed by atoms with van der Waals surface area (Å²) in [7, 11) is 0. The van der Waals surface area contributed by atoms with Gasteiger partial charge in [0.1, 0.15) is 28.4 Å². The Balaban J connectivity index is 2.36. The van der Waals surface area contributed by atoms with Crippen molar-refractivity contribution in [2.45, 2.75) is 0 Å². The number of aromatic carboxylic acids is 2. The van der Waals surface area contributed by atoms with Crippen molar-refractivity contribution in [1.82, 2.24) is 0 Å². The smallest absolute Gasteiger partial charge is 0.339 e. The number of carboxylic acids is 2. The Bertz CT molecular complexity index is 859. The van der Waals surface area contributed by atoms with Gasteiger partial charge in [0, 0.05) is 11.8 Å². The van der Waals surface area contributed by atoms with E-state index in [0.717, 1.165) is 24.3 Å². The van der Waals surface area contributed by atoms with Gasteiger partial charge in [-0.15, -0.1) is 0 Å². The Morgan fingerprint density at radius 1 is 0.792 bits per heavy atom. The Labute approximate surface area is 134 Å². The van der Waals surface area contributed by atoms with Crippen LogP contribution in [0.1, 0.15) is 31.1 Å². The number of nitrogens with one attached hydrogen (secondary N) is 1. The number of phenols is 3. The van der Waals surface area contributed by atoms with E-state index in [-0.39, 0.29) is 11.3 Å². The van der Waals surface area contributed by atoms with Gasteiger partial charge in [-0.3, -0.25) is 4.79 Å². The highest BCUT2D eigenvalue weighted by Crippen LogP contribution is 2.29.